The van der Waals surface area contributed by atoms with Crippen molar-refractivity contribution in [3.8, 4) is 0 Å². The van der Waals surface area contributed by atoms with Crippen LogP contribution < -0.4 is 9.80 Å². The summed E-state index contributed by atoms with van der Waals surface area (Å²) in [6, 6.07) is 43.2. The molecule has 0 N–H and O–H groups in total. The van der Waals surface area contributed by atoms with E-state index in [-0.39, 0.29) is 158 Å². The molecule has 128 heavy (non-hydrogen) atoms. The summed E-state index contributed by atoms with van der Waals surface area (Å²) < 4.78 is 48.0. The number of amides is 4. The highest BCUT2D eigenvalue weighted by Crippen LogP contribution is 2.50. The lowest BCUT2D eigenvalue weighted by Crippen LogP contribution is -2.46. The maximum Gasteiger partial charge on any atom is 0.306 e. The second-order valence-electron chi connectivity index (χ2n) is 36.4. The van der Waals surface area contributed by atoms with E-state index in [4.69, 9.17) is 18.9 Å². The molecule has 6 heterocycles. The van der Waals surface area contributed by atoms with Gasteiger partial charge in [0.05, 0.1) is 126 Å². The number of halogens is 2. The summed E-state index contributed by atoms with van der Waals surface area (Å²) in [4.78, 5) is 170. The minimum Gasteiger partial charge on any atom is -0.469 e. The quantitative estimate of drug-likeness (QED) is 0.0258. The van der Waals surface area contributed by atoms with Crippen molar-refractivity contribution in [1.82, 2.24) is 19.6 Å². The van der Waals surface area contributed by atoms with Crippen LogP contribution in [0.15, 0.2) is 146 Å². The van der Waals surface area contributed by atoms with E-state index in [9.17, 15) is 66.3 Å². The maximum atomic E-state index is 14.2. The third-order valence-electron chi connectivity index (χ3n) is 28.7. The first-order chi connectivity index (χ1) is 61.5. The highest BCUT2D eigenvalue weighted by atomic mass is 19.1. The molecule has 6 fully saturated rings. The maximum absolute atomic E-state index is 14.2. The fraction of sp³-hybridized carbons (Fsp3) is 0.538. The van der Waals surface area contributed by atoms with Crippen LogP contribution in [0.1, 0.15) is 252 Å². The third kappa shape index (κ3) is 23.8. The van der Waals surface area contributed by atoms with Crippen molar-refractivity contribution in [3.63, 3.8) is 0 Å². The largest absolute Gasteiger partial charge is 0.469 e. The normalized spacial score (nSPS) is 21.6. The van der Waals surface area contributed by atoms with Crippen LogP contribution in [0, 0.1) is 59.0 Å². The van der Waals surface area contributed by atoms with Gasteiger partial charge >= 0.3 is 23.9 Å². The predicted molar refractivity (Wildman–Crippen MR) is 485 cm³/mol. The summed E-state index contributed by atoms with van der Waals surface area (Å²) >= 11 is 0. The molecule has 0 aromatic heterocycles. The Morgan fingerprint density at radius 1 is 0.297 bits per heavy atom. The molecule has 688 valence electrons. The van der Waals surface area contributed by atoms with Gasteiger partial charge < -0.3 is 48.3 Å². The van der Waals surface area contributed by atoms with E-state index in [0.29, 0.717) is 51.9 Å². The highest BCUT2D eigenvalue weighted by molar-refractivity contribution is 5.96. The van der Waals surface area contributed by atoms with Gasteiger partial charge in [0.25, 0.3) is 0 Å². The Kier molecular flexibility index (Phi) is 35.1. The van der Waals surface area contributed by atoms with Crippen molar-refractivity contribution in [2.24, 2.45) is 47.3 Å². The third-order valence-corrected chi connectivity index (χ3v) is 28.7. The SMILES string of the molecule is CC[C@@H](C)[C@H](CC(=O)OC)C(=O)N1CCC[C@H]1C(=O)Cc1ccc([C@@H]2CC[C@@H](c3ccc(CC(=O)[C@@H]4CCCN4C(=O)[C@@H](CC(=O)OC)[C@H](C)CC)cc3)N2c2ccc(F)cc2)cc1.CC[C@@H](C)[C@H](CC(=O)OC)C(=O)N1CCC[C@H]1C(=O)Cc1ccc([C@H]2CC[C@H](c3ccc(CC(=O)[C@@H]4CCCN4C(=O)[C@@H](CC(=O)OC)[C@H](C)CC)cc3)N2c2ccc(F)cc2)cc1. The van der Waals surface area contributed by atoms with Gasteiger partial charge in [-0.05, 0) is 194 Å². The number of hydrogen-bond donors (Lipinski definition) is 0. The minimum atomic E-state index is -0.535. The van der Waals surface area contributed by atoms with Gasteiger partial charge in [0.15, 0.2) is 23.1 Å². The second kappa shape index (κ2) is 46.0. The Balaban J connectivity index is 0.000000248. The molecule has 0 saturated carbocycles. The van der Waals surface area contributed by atoms with E-state index < -0.39 is 71.7 Å². The second-order valence-corrected chi connectivity index (χ2v) is 36.4. The minimum absolute atomic E-state index is 0.00223. The van der Waals surface area contributed by atoms with Crippen molar-refractivity contribution in [3.05, 3.63) is 202 Å². The number of ketones is 4. The number of nitrogens with zero attached hydrogens (tertiary/aromatic N) is 6. The van der Waals surface area contributed by atoms with E-state index in [2.05, 4.69) is 58.3 Å². The number of ether oxygens (including phenoxy) is 4. The Morgan fingerprint density at radius 3 is 0.672 bits per heavy atom. The van der Waals surface area contributed by atoms with Gasteiger partial charge in [-0.25, -0.2) is 8.78 Å². The number of carbonyl (C=O) groups is 12. The summed E-state index contributed by atoms with van der Waals surface area (Å²) in [5, 5.41) is 0. The first-order valence-corrected chi connectivity index (χ1v) is 46.6. The molecule has 0 radical (unpaired) electrons. The topological polar surface area (TPSA) is 261 Å². The molecule has 6 aromatic carbocycles. The van der Waals surface area contributed by atoms with Crippen LogP contribution in [0.5, 0.6) is 0 Å². The van der Waals surface area contributed by atoms with Crippen LogP contribution in [0.2, 0.25) is 0 Å². The van der Waals surface area contributed by atoms with Gasteiger partial charge in [-0.3, -0.25) is 57.5 Å². The average molecular weight is 1760 g/mol. The Labute approximate surface area is 754 Å². The molecule has 6 aliphatic rings. The number of benzene rings is 6. The first-order valence-electron chi connectivity index (χ1n) is 46.6. The summed E-state index contributed by atoms with van der Waals surface area (Å²) in [6.07, 6.45) is 12.3. The number of hydrogen-bond acceptors (Lipinski definition) is 18. The van der Waals surface area contributed by atoms with Crippen molar-refractivity contribution in [1.29, 1.82) is 0 Å². The molecule has 24 heteroatoms. The van der Waals surface area contributed by atoms with Gasteiger partial charge in [0, 0.05) is 63.2 Å². The number of carbonyl (C=O) groups excluding carboxylic acids is 12. The smallest absolute Gasteiger partial charge is 0.306 e. The number of rotatable bonds is 38. The van der Waals surface area contributed by atoms with Crippen LogP contribution in [0.4, 0.5) is 20.2 Å². The fourth-order valence-electron chi connectivity index (χ4n) is 20.2. The number of likely N-dealkylation sites (tertiary alicyclic amines) is 4. The summed E-state index contributed by atoms with van der Waals surface area (Å²) in [5.41, 5.74) is 9.47. The van der Waals surface area contributed by atoms with Gasteiger partial charge in [-0.1, -0.05) is 178 Å². The predicted octanol–water partition coefficient (Wildman–Crippen LogP) is 17.1. The summed E-state index contributed by atoms with van der Waals surface area (Å²) in [7, 11) is 5.29. The number of anilines is 2. The van der Waals surface area contributed by atoms with Crippen LogP contribution in [-0.2, 0) is 102 Å². The fourth-order valence-corrected chi connectivity index (χ4v) is 20.2. The van der Waals surface area contributed by atoms with E-state index in [1.54, 1.807) is 43.9 Å². The zero-order valence-corrected chi connectivity index (χ0v) is 76.9. The zero-order chi connectivity index (χ0) is 92.2. The number of esters is 4. The molecule has 6 aromatic rings. The molecule has 0 bridgehead atoms. The summed E-state index contributed by atoms with van der Waals surface area (Å²) in [6.45, 7) is 17.8. The standard InChI is InChI=1S/2C52H66FN3O8/c2*1-7-33(3)41(31-49(59)63-5)51(61)54-27-9-11-45(54)47(57)29-35-13-17-37(18-14-35)43-25-26-44(56(43)40-23-21-39(53)22-24-40)38-19-15-36(16-20-38)30-48(58)46-12-10-28-55(46)52(62)42(34(4)8-2)32-50(60)64-6/h2*13-24,33-34,41-46H,7-12,25-32H2,1-6H3/t33-,34-,41+,42+,43+,44+,45+,46+;33-,34-,41+,42+,43-,44-,45+,46+/m11/s1. The van der Waals surface area contributed by atoms with E-state index >= 15 is 0 Å². The van der Waals surface area contributed by atoms with Gasteiger partial charge in [0.2, 0.25) is 23.6 Å². The van der Waals surface area contributed by atoms with Crippen molar-refractivity contribution in [2.45, 2.75) is 258 Å². The average Bonchev–Trinajstić information content (AvgIpc) is 1.63. The molecule has 16 atom stereocenters. The molecular weight excluding hydrogens is 1630 g/mol. The van der Waals surface area contributed by atoms with Crippen molar-refractivity contribution >= 4 is 82.0 Å². The molecule has 0 unspecified atom stereocenters. The zero-order valence-electron chi connectivity index (χ0n) is 76.9. The van der Waals surface area contributed by atoms with Crippen LogP contribution in [0.25, 0.3) is 0 Å². The Morgan fingerprint density at radius 2 is 0.492 bits per heavy atom. The molecule has 12 rings (SSSR count). The molecule has 6 saturated heterocycles. The van der Waals surface area contributed by atoms with Gasteiger partial charge in [-0.2, -0.15) is 0 Å². The lowest BCUT2D eigenvalue weighted by atomic mass is 9.87. The number of methoxy groups -OCH3 is 4. The summed E-state index contributed by atoms with van der Waals surface area (Å²) in [5.74, 6) is -5.28. The first kappa shape index (κ1) is 97.8. The van der Waals surface area contributed by atoms with Crippen molar-refractivity contribution < 1.29 is 85.3 Å². The van der Waals surface area contributed by atoms with Crippen LogP contribution in [0.3, 0.4) is 0 Å². The van der Waals surface area contributed by atoms with E-state index in [0.717, 1.165) is 133 Å². The van der Waals surface area contributed by atoms with Gasteiger partial charge in [-0.15, -0.1) is 0 Å². The molecule has 0 spiro atoms. The van der Waals surface area contributed by atoms with Gasteiger partial charge in [0.1, 0.15) is 11.6 Å². The van der Waals surface area contributed by atoms with E-state index in [1.807, 2.05) is 104 Å². The molecule has 22 nitrogen and oxygen atoms in total. The molecular formula is C104H132F2N6O16. The molecule has 6 aliphatic heterocycles. The lowest BCUT2D eigenvalue weighted by molar-refractivity contribution is -0.149. The molecule has 0 aliphatic carbocycles. The highest BCUT2D eigenvalue weighted by Gasteiger charge is 2.46. The van der Waals surface area contributed by atoms with Crippen LogP contribution in [-0.4, -0.2) is 169 Å². The Hall–Kier alpha value is -10.8. The lowest BCUT2D eigenvalue weighted by Gasteiger charge is -2.33. The Bertz CT molecular complexity index is 4260. The van der Waals surface area contributed by atoms with Crippen LogP contribution >= 0.6 is 0 Å². The molecule has 4 amide bonds. The van der Waals surface area contributed by atoms with E-state index in [1.165, 1.54) is 52.7 Å². The monoisotopic (exact) mass is 1760 g/mol. The number of Topliss-reactive ketones (excluding diaryl/α,β-unsaturated/α-hetero) is 4. The van der Waals surface area contributed by atoms with Crippen molar-refractivity contribution in [2.75, 3.05) is 64.4 Å².